The number of halogens is 3. The summed E-state index contributed by atoms with van der Waals surface area (Å²) in [7, 11) is 0. The van der Waals surface area contributed by atoms with Gasteiger partial charge in [-0.25, -0.2) is 0 Å². The van der Waals surface area contributed by atoms with Crippen LogP contribution in [-0.4, -0.2) is 16.7 Å². The minimum Gasteiger partial charge on any atom is -0.299 e. The highest BCUT2D eigenvalue weighted by Gasteiger charge is 2.62. The Morgan fingerprint density at radius 1 is 1.44 bits per heavy atom. The predicted octanol–water partition coefficient (Wildman–Crippen LogP) is 2.57. The van der Waals surface area contributed by atoms with Crippen molar-refractivity contribution in [2.75, 3.05) is 0 Å². The number of aryl methyl sites for hydroxylation is 1. The maximum absolute atomic E-state index is 12.6. The number of hydrogen-bond donors (Lipinski definition) is 1. The molecule has 0 atom stereocenters. The molecule has 5 heteroatoms. The number of nitrogens with zero attached hydrogens (tertiary/aromatic N) is 1. The van der Waals surface area contributed by atoms with E-state index in [1.807, 2.05) is 6.92 Å². The van der Waals surface area contributed by atoms with Crippen LogP contribution in [-0.2, 0) is 6.54 Å². The lowest BCUT2D eigenvalue weighted by Crippen LogP contribution is -2.44. The van der Waals surface area contributed by atoms with Crippen LogP contribution in [0.2, 0.25) is 0 Å². The number of alkyl halides is 3. The molecule has 0 saturated heterocycles. The largest absolute Gasteiger partial charge is 0.406 e. The van der Waals surface area contributed by atoms with Crippen LogP contribution in [0.15, 0.2) is 18.5 Å². The van der Waals surface area contributed by atoms with E-state index in [4.69, 9.17) is 0 Å². The summed E-state index contributed by atoms with van der Waals surface area (Å²) in [5.74, 6) is 0. The Morgan fingerprint density at radius 3 is 2.62 bits per heavy atom. The van der Waals surface area contributed by atoms with Crippen molar-refractivity contribution < 1.29 is 13.2 Å². The van der Waals surface area contributed by atoms with Crippen molar-refractivity contribution in [3.63, 3.8) is 0 Å². The average molecular weight is 230 g/mol. The molecule has 88 valence electrons. The van der Waals surface area contributed by atoms with E-state index in [1.165, 1.54) is 0 Å². The van der Waals surface area contributed by atoms with Crippen molar-refractivity contribution in [1.82, 2.24) is 10.3 Å². The van der Waals surface area contributed by atoms with E-state index in [-0.39, 0.29) is 19.4 Å². The van der Waals surface area contributed by atoms with Gasteiger partial charge in [-0.2, -0.15) is 13.2 Å². The van der Waals surface area contributed by atoms with Crippen molar-refractivity contribution in [3.05, 3.63) is 29.6 Å². The summed E-state index contributed by atoms with van der Waals surface area (Å²) in [6.45, 7) is 2.09. The van der Waals surface area contributed by atoms with Gasteiger partial charge in [-0.15, -0.1) is 0 Å². The van der Waals surface area contributed by atoms with Crippen LogP contribution in [0.3, 0.4) is 0 Å². The Kier molecular flexibility index (Phi) is 2.66. The molecule has 16 heavy (non-hydrogen) atoms. The first-order valence-electron chi connectivity index (χ1n) is 5.16. The molecule has 0 aliphatic heterocycles. The smallest absolute Gasteiger partial charge is 0.299 e. The van der Waals surface area contributed by atoms with Crippen molar-refractivity contribution in [3.8, 4) is 0 Å². The molecule has 1 heterocycles. The summed E-state index contributed by atoms with van der Waals surface area (Å²) in [6, 6.07) is 1.80. The first-order chi connectivity index (χ1) is 7.45. The minimum atomic E-state index is -4.15. The van der Waals surface area contributed by atoms with Crippen LogP contribution in [0.5, 0.6) is 0 Å². The van der Waals surface area contributed by atoms with Crippen molar-refractivity contribution in [2.45, 2.75) is 38.0 Å². The van der Waals surface area contributed by atoms with E-state index in [0.717, 1.165) is 11.1 Å². The second-order valence-corrected chi connectivity index (χ2v) is 4.24. The number of nitrogens with one attached hydrogen (secondary N) is 1. The Morgan fingerprint density at radius 2 is 2.12 bits per heavy atom. The van der Waals surface area contributed by atoms with Crippen LogP contribution in [0.4, 0.5) is 13.2 Å². The van der Waals surface area contributed by atoms with Gasteiger partial charge in [0.1, 0.15) is 5.54 Å². The zero-order chi connectivity index (χ0) is 11.8. The van der Waals surface area contributed by atoms with E-state index in [1.54, 1.807) is 18.5 Å². The summed E-state index contributed by atoms with van der Waals surface area (Å²) in [4.78, 5) is 3.91. The Labute approximate surface area is 91.9 Å². The normalized spacial score (nSPS) is 18.5. The molecule has 0 spiro atoms. The molecule has 1 aliphatic rings. The quantitative estimate of drug-likeness (QED) is 0.863. The second-order valence-electron chi connectivity index (χ2n) is 4.24. The molecule has 0 aromatic carbocycles. The highest BCUT2D eigenvalue weighted by atomic mass is 19.4. The molecule has 1 saturated carbocycles. The summed E-state index contributed by atoms with van der Waals surface area (Å²) in [6.07, 6.45) is -0.557. The molecule has 2 rings (SSSR count). The fourth-order valence-corrected chi connectivity index (χ4v) is 1.63. The third-order valence-corrected chi connectivity index (χ3v) is 3.06. The molecule has 2 nitrogen and oxygen atoms in total. The maximum atomic E-state index is 12.6. The molecule has 1 aliphatic carbocycles. The molecule has 1 N–H and O–H groups in total. The van der Waals surface area contributed by atoms with E-state index >= 15 is 0 Å². The highest BCUT2D eigenvalue weighted by molar-refractivity contribution is 5.22. The maximum Gasteiger partial charge on any atom is 0.406 e. The number of hydrogen-bond acceptors (Lipinski definition) is 2. The van der Waals surface area contributed by atoms with Crippen LogP contribution in [0, 0.1) is 6.92 Å². The Hall–Kier alpha value is -1.10. The first-order valence-corrected chi connectivity index (χ1v) is 5.16. The molecular formula is C11H13F3N2. The molecular weight excluding hydrogens is 217 g/mol. The van der Waals surface area contributed by atoms with Crippen molar-refractivity contribution in [2.24, 2.45) is 0 Å². The Balaban J connectivity index is 2.01. The van der Waals surface area contributed by atoms with E-state index in [0.29, 0.717) is 0 Å². The summed E-state index contributed by atoms with van der Waals surface area (Å²) in [5, 5.41) is 2.60. The van der Waals surface area contributed by atoms with Gasteiger partial charge < -0.3 is 0 Å². The SMILES string of the molecule is Cc1ccncc1CNC1(C(F)(F)F)CC1. The first kappa shape index (κ1) is 11.4. The van der Waals surface area contributed by atoms with Gasteiger partial charge >= 0.3 is 6.18 Å². The van der Waals surface area contributed by atoms with Crippen LogP contribution < -0.4 is 5.32 Å². The summed E-state index contributed by atoms with van der Waals surface area (Å²) in [5.41, 5.74) is 0.133. The van der Waals surface area contributed by atoms with Gasteiger partial charge in [0.2, 0.25) is 0 Å². The van der Waals surface area contributed by atoms with Crippen molar-refractivity contribution in [1.29, 1.82) is 0 Å². The summed E-state index contributed by atoms with van der Waals surface area (Å²) >= 11 is 0. The topological polar surface area (TPSA) is 24.9 Å². The molecule has 0 bridgehead atoms. The lowest BCUT2D eigenvalue weighted by molar-refractivity contribution is -0.166. The Bertz CT molecular complexity index is 383. The molecule has 0 unspecified atom stereocenters. The van der Waals surface area contributed by atoms with Gasteiger partial charge in [0.15, 0.2) is 0 Å². The lowest BCUT2D eigenvalue weighted by Gasteiger charge is -2.21. The fraction of sp³-hybridized carbons (Fsp3) is 0.545. The molecule has 1 aromatic rings. The van der Waals surface area contributed by atoms with Gasteiger partial charge in [0.25, 0.3) is 0 Å². The fourth-order valence-electron chi connectivity index (χ4n) is 1.63. The summed E-state index contributed by atoms with van der Waals surface area (Å²) < 4.78 is 37.9. The number of rotatable bonds is 3. The number of pyridine rings is 1. The number of aromatic nitrogens is 1. The molecule has 1 aromatic heterocycles. The van der Waals surface area contributed by atoms with Crippen molar-refractivity contribution >= 4 is 0 Å². The van der Waals surface area contributed by atoms with Gasteiger partial charge in [0.05, 0.1) is 0 Å². The molecule has 1 fully saturated rings. The van der Waals surface area contributed by atoms with E-state index in [9.17, 15) is 13.2 Å². The van der Waals surface area contributed by atoms with Crippen LogP contribution in [0.25, 0.3) is 0 Å². The van der Waals surface area contributed by atoms with Crippen LogP contribution in [0.1, 0.15) is 24.0 Å². The van der Waals surface area contributed by atoms with Gasteiger partial charge in [-0.3, -0.25) is 10.3 Å². The van der Waals surface area contributed by atoms with Gasteiger partial charge in [-0.05, 0) is 37.0 Å². The lowest BCUT2D eigenvalue weighted by atomic mass is 10.1. The standard InChI is InChI=1S/C11H13F3N2/c1-8-2-5-15-6-9(8)7-16-10(3-4-10)11(12,13)14/h2,5-6,16H,3-4,7H2,1H3. The average Bonchev–Trinajstić information content (AvgIpc) is 2.96. The van der Waals surface area contributed by atoms with Gasteiger partial charge in [0, 0.05) is 18.9 Å². The zero-order valence-corrected chi connectivity index (χ0v) is 8.93. The highest BCUT2D eigenvalue weighted by Crippen LogP contribution is 2.49. The van der Waals surface area contributed by atoms with E-state index in [2.05, 4.69) is 10.3 Å². The minimum absolute atomic E-state index is 0.176. The molecule has 0 radical (unpaired) electrons. The molecule has 0 amide bonds. The van der Waals surface area contributed by atoms with E-state index < -0.39 is 11.7 Å². The van der Waals surface area contributed by atoms with Gasteiger partial charge in [-0.1, -0.05) is 0 Å². The van der Waals surface area contributed by atoms with Crippen LogP contribution >= 0.6 is 0 Å². The third-order valence-electron chi connectivity index (χ3n) is 3.06. The zero-order valence-electron chi connectivity index (χ0n) is 8.93. The second kappa shape index (κ2) is 3.73. The third kappa shape index (κ3) is 2.04. The predicted molar refractivity (Wildman–Crippen MR) is 53.8 cm³/mol. The monoisotopic (exact) mass is 230 g/mol.